The van der Waals surface area contributed by atoms with Crippen LogP contribution in [0, 0.1) is 22.7 Å². The number of nitrogen functional groups attached to an aromatic ring is 1. The van der Waals surface area contributed by atoms with Crippen LogP contribution in [-0.2, 0) is 0 Å². The van der Waals surface area contributed by atoms with Gasteiger partial charge in [-0.1, -0.05) is 18.2 Å². The Morgan fingerprint density at radius 1 is 1.36 bits per heavy atom. The summed E-state index contributed by atoms with van der Waals surface area (Å²) in [7, 11) is 0. The van der Waals surface area contributed by atoms with Crippen molar-refractivity contribution in [3.05, 3.63) is 35.4 Å². The van der Waals surface area contributed by atoms with Gasteiger partial charge in [0.15, 0.2) is 0 Å². The second kappa shape index (κ2) is 4.69. The molecule has 2 N–H and O–H groups in total. The van der Waals surface area contributed by atoms with E-state index in [1.807, 2.05) is 18.2 Å². The number of anilines is 1. The maximum atomic E-state index is 8.71. The lowest BCUT2D eigenvalue weighted by Crippen LogP contribution is -1.89. The molecule has 0 fully saturated rings. The molecule has 0 heterocycles. The van der Waals surface area contributed by atoms with Gasteiger partial charge in [-0.15, -0.1) is 0 Å². The number of nitrogens with two attached hydrogens (primary N) is 1. The summed E-state index contributed by atoms with van der Waals surface area (Å²) < 4.78 is 0. The van der Waals surface area contributed by atoms with Crippen LogP contribution in [0.5, 0.6) is 0 Å². The minimum absolute atomic E-state index is 0.367. The van der Waals surface area contributed by atoms with E-state index in [9.17, 15) is 0 Å². The van der Waals surface area contributed by atoms with Gasteiger partial charge in [0.1, 0.15) is 6.07 Å². The second-order valence-corrected chi connectivity index (χ2v) is 2.72. The molecular formula is C11H9N3. The van der Waals surface area contributed by atoms with Gasteiger partial charge in [0, 0.05) is 5.69 Å². The quantitative estimate of drug-likeness (QED) is 0.713. The van der Waals surface area contributed by atoms with Crippen molar-refractivity contribution in [2.75, 3.05) is 5.73 Å². The molecular weight excluding hydrogens is 174 g/mol. The third-order valence-corrected chi connectivity index (χ3v) is 1.72. The van der Waals surface area contributed by atoms with Crippen LogP contribution in [0.4, 0.5) is 5.69 Å². The summed E-state index contributed by atoms with van der Waals surface area (Å²) in [6.45, 7) is 0. The van der Waals surface area contributed by atoms with E-state index in [0.29, 0.717) is 17.7 Å². The lowest BCUT2D eigenvalue weighted by Gasteiger charge is -1.97. The fraction of sp³-hybridized carbons (Fsp3) is 0.0909. The lowest BCUT2D eigenvalue weighted by molar-refractivity contribution is 1.36. The predicted octanol–water partition coefficient (Wildman–Crippen LogP) is 2.07. The standard InChI is InChI=1S/C11H9N3/c12-6-2-1-3-9-4-5-11(14)10(7-9)8-13/h1,3-5,7H,2,14H2. The fourth-order valence-electron chi connectivity index (χ4n) is 1.02. The Kier molecular flexibility index (Phi) is 3.29. The molecule has 3 heteroatoms. The molecule has 0 saturated carbocycles. The van der Waals surface area contributed by atoms with E-state index in [2.05, 4.69) is 0 Å². The number of nitrogens with zero attached hydrogens (tertiary/aromatic N) is 2. The van der Waals surface area contributed by atoms with Crippen LogP contribution in [0.3, 0.4) is 0 Å². The summed E-state index contributed by atoms with van der Waals surface area (Å²) in [5.41, 5.74) is 7.38. The summed E-state index contributed by atoms with van der Waals surface area (Å²) in [6.07, 6.45) is 3.91. The number of nitriles is 2. The van der Waals surface area contributed by atoms with Crippen molar-refractivity contribution in [1.82, 2.24) is 0 Å². The SMILES string of the molecule is N#CCC=Cc1ccc(N)c(C#N)c1. The third kappa shape index (κ3) is 2.36. The maximum Gasteiger partial charge on any atom is 0.101 e. The Morgan fingerprint density at radius 2 is 2.14 bits per heavy atom. The fourth-order valence-corrected chi connectivity index (χ4v) is 1.02. The van der Waals surface area contributed by atoms with Crippen molar-refractivity contribution in [1.29, 1.82) is 10.5 Å². The Hall–Kier alpha value is -2.26. The minimum atomic E-state index is 0.367. The molecule has 0 unspecified atom stereocenters. The minimum Gasteiger partial charge on any atom is -0.398 e. The van der Waals surface area contributed by atoms with Crippen LogP contribution in [-0.4, -0.2) is 0 Å². The first-order valence-corrected chi connectivity index (χ1v) is 4.11. The largest absolute Gasteiger partial charge is 0.398 e. The van der Waals surface area contributed by atoms with Crippen LogP contribution in [0.25, 0.3) is 6.08 Å². The monoisotopic (exact) mass is 183 g/mol. The highest BCUT2D eigenvalue weighted by Gasteiger charge is 1.96. The summed E-state index contributed by atoms with van der Waals surface area (Å²) in [6, 6.07) is 9.20. The number of rotatable bonds is 2. The van der Waals surface area contributed by atoms with Crippen molar-refractivity contribution in [3.8, 4) is 12.1 Å². The molecule has 0 bridgehead atoms. The molecule has 0 atom stereocenters. The van der Waals surface area contributed by atoms with Crippen LogP contribution < -0.4 is 5.73 Å². The van der Waals surface area contributed by atoms with E-state index in [4.69, 9.17) is 16.3 Å². The molecule has 0 radical (unpaired) electrons. The normalized spacial score (nSPS) is 9.57. The topological polar surface area (TPSA) is 73.6 Å². The summed E-state index contributed by atoms with van der Waals surface area (Å²) >= 11 is 0. The van der Waals surface area contributed by atoms with E-state index >= 15 is 0 Å². The first kappa shape index (κ1) is 9.83. The summed E-state index contributed by atoms with van der Waals surface area (Å²) in [5, 5.41) is 17.0. The van der Waals surface area contributed by atoms with Gasteiger partial charge in [0.05, 0.1) is 18.1 Å². The first-order chi connectivity index (χ1) is 6.77. The average molecular weight is 183 g/mol. The molecule has 0 aromatic heterocycles. The summed E-state index contributed by atoms with van der Waals surface area (Å²) in [4.78, 5) is 0. The zero-order chi connectivity index (χ0) is 10.4. The van der Waals surface area contributed by atoms with Crippen molar-refractivity contribution in [3.63, 3.8) is 0 Å². The van der Waals surface area contributed by atoms with Crippen molar-refractivity contribution in [2.45, 2.75) is 6.42 Å². The van der Waals surface area contributed by atoms with Crippen LogP contribution >= 0.6 is 0 Å². The van der Waals surface area contributed by atoms with Crippen LogP contribution in [0.1, 0.15) is 17.5 Å². The smallest absolute Gasteiger partial charge is 0.101 e. The van der Waals surface area contributed by atoms with Crippen molar-refractivity contribution in [2.24, 2.45) is 0 Å². The number of allylic oxidation sites excluding steroid dienone is 1. The number of hydrogen-bond acceptors (Lipinski definition) is 3. The van der Waals surface area contributed by atoms with E-state index in [1.54, 1.807) is 24.3 Å². The van der Waals surface area contributed by atoms with E-state index in [1.165, 1.54) is 0 Å². The average Bonchev–Trinajstić information content (AvgIpc) is 2.21. The van der Waals surface area contributed by atoms with Gasteiger partial charge in [0.25, 0.3) is 0 Å². The molecule has 0 amide bonds. The Labute approximate surface area is 82.7 Å². The second-order valence-electron chi connectivity index (χ2n) is 2.72. The van der Waals surface area contributed by atoms with Crippen molar-refractivity contribution >= 4 is 11.8 Å². The zero-order valence-electron chi connectivity index (χ0n) is 7.57. The molecule has 1 aromatic carbocycles. The molecule has 1 rings (SSSR count). The Balaban J connectivity index is 2.92. The molecule has 0 aliphatic carbocycles. The van der Waals surface area contributed by atoms with E-state index in [0.717, 1.165) is 5.56 Å². The Bertz CT molecular complexity index is 433. The highest BCUT2D eigenvalue weighted by Crippen LogP contribution is 2.14. The molecule has 0 spiro atoms. The maximum absolute atomic E-state index is 8.71. The van der Waals surface area contributed by atoms with Gasteiger partial charge in [0.2, 0.25) is 0 Å². The molecule has 1 aromatic rings. The third-order valence-electron chi connectivity index (χ3n) is 1.72. The zero-order valence-corrected chi connectivity index (χ0v) is 7.57. The molecule has 3 nitrogen and oxygen atoms in total. The van der Waals surface area contributed by atoms with Crippen molar-refractivity contribution < 1.29 is 0 Å². The van der Waals surface area contributed by atoms with Crippen LogP contribution in [0.15, 0.2) is 24.3 Å². The van der Waals surface area contributed by atoms with Gasteiger partial charge in [-0.2, -0.15) is 10.5 Å². The van der Waals surface area contributed by atoms with Gasteiger partial charge >= 0.3 is 0 Å². The molecule has 0 aliphatic heterocycles. The number of hydrogen-bond donors (Lipinski definition) is 1. The van der Waals surface area contributed by atoms with Gasteiger partial charge in [-0.3, -0.25) is 0 Å². The Morgan fingerprint density at radius 3 is 2.79 bits per heavy atom. The molecule has 0 aliphatic rings. The highest BCUT2D eigenvalue weighted by atomic mass is 14.6. The molecule has 14 heavy (non-hydrogen) atoms. The lowest BCUT2D eigenvalue weighted by atomic mass is 10.1. The van der Waals surface area contributed by atoms with E-state index in [-0.39, 0.29) is 0 Å². The number of benzene rings is 1. The van der Waals surface area contributed by atoms with Gasteiger partial charge < -0.3 is 5.73 Å². The molecule has 0 saturated heterocycles. The van der Waals surface area contributed by atoms with Gasteiger partial charge in [-0.25, -0.2) is 0 Å². The van der Waals surface area contributed by atoms with E-state index < -0.39 is 0 Å². The van der Waals surface area contributed by atoms with Gasteiger partial charge in [-0.05, 0) is 17.7 Å². The summed E-state index contributed by atoms with van der Waals surface area (Å²) in [5.74, 6) is 0. The highest BCUT2D eigenvalue weighted by molar-refractivity contribution is 5.61. The van der Waals surface area contributed by atoms with Crippen LogP contribution in [0.2, 0.25) is 0 Å². The predicted molar refractivity (Wildman–Crippen MR) is 54.8 cm³/mol. The first-order valence-electron chi connectivity index (χ1n) is 4.11. The molecule has 68 valence electrons.